The number of nitrogens with one attached hydrogen (secondary N) is 1. The van der Waals surface area contributed by atoms with Crippen molar-refractivity contribution in [1.29, 1.82) is 0 Å². The maximum absolute atomic E-state index is 12.2. The van der Waals surface area contributed by atoms with Crippen LogP contribution in [0, 0.1) is 13.8 Å². The number of aryl methyl sites for hydroxylation is 2. The van der Waals surface area contributed by atoms with Gasteiger partial charge in [-0.15, -0.1) is 0 Å². The molecular weight excluding hydrogens is 290 g/mol. The largest absolute Gasteiger partial charge is 0.508 e. The van der Waals surface area contributed by atoms with E-state index < -0.39 is 15.9 Å². The quantitative estimate of drug-likeness (QED) is 0.910. The van der Waals surface area contributed by atoms with E-state index in [0.29, 0.717) is 5.56 Å². The Morgan fingerprint density at radius 2 is 1.81 bits per heavy atom. The summed E-state index contributed by atoms with van der Waals surface area (Å²) in [5.41, 5.74) is 1.56. The predicted octanol–water partition coefficient (Wildman–Crippen LogP) is 2.13. The molecule has 0 heterocycles. The van der Waals surface area contributed by atoms with Gasteiger partial charge in [-0.1, -0.05) is 23.8 Å². The highest BCUT2D eigenvalue weighted by molar-refractivity contribution is 7.90. The Hall–Kier alpha value is -2.34. The van der Waals surface area contributed by atoms with Gasteiger partial charge in [-0.3, -0.25) is 4.79 Å². The summed E-state index contributed by atoms with van der Waals surface area (Å²) in [6.45, 7) is 3.40. The number of aromatic hydroxyl groups is 1. The maximum Gasteiger partial charge on any atom is 0.265 e. The van der Waals surface area contributed by atoms with Crippen LogP contribution in [0.3, 0.4) is 0 Å². The molecule has 6 heteroatoms. The van der Waals surface area contributed by atoms with Crippen LogP contribution in [0.1, 0.15) is 21.5 Å². The second-order valence-electron chi connectivity index (χ2n) is 4.75. The summed E-state index contributed by atoms with van der Waals surface area (Å²) >= 11 is 0. The number of sulfonamides is 1. The Balaban J connectivity index is 2.33. The van der Waals surface area contributed by atoms with Crippen LogP contribution in [0.4, 0.5) is 0 Å². The lowest BCUT2D eigenvalue weighted by Gasteiger charge is -2.10. The minimum Gasteiger partial charge on any atom is -0.508 e. The van der Waals surface area contributed by atoms with Crippen molar-refractivity contribution in [3.8, 4) is 5.75 Å². The minimum atomic E-state index is -4.03. The van der Waals surface area contributed by atoms with E-state index in [1.54, 1.807) is 19.1 Å². The Morgan fingerprint density at radius 3 is 2.48 bits per heavy atom. The summed E-state index contributed by atoms with van der Waals surface area (Å²) in [6.07, 6.45) is 0. The van der Waals surface area contributed by atoms with Gasteiger partial charge in [0.1, 0.15) is 5.75 Å². The molecule has 0 atom stereocenters. The molecule has 0 spiro atoms. The SMILES string of the molecule is Cc1cccc(C(=O)NS(=O)(=O)c2cc(O)ccc2C)c1. The number of benzene rings is 2. The van der Waals surface area contributed by atoms with Crippen LogP contribution < -0.4 is 4.72 Å². The Morgan fingerprint density at radius 1 is 1.10 bits per heavy atom. The fourth-order valence-corrected chi connectivity index (χ4v) is 3.14. The van der Waals surface area contributed by atoms with Gasteiger partial charge >= 0.3 is 0 Å². The third kappa shape index (κ3) is 3.41. The van der Waals surface area contributed by atoms with Crippen molar-refractivity contribution in [1.82, 2.24) is 4.72 Å². The third-order valence-corrected chi connectivity index (χ3v) is 4.44. The normalized spacial score (nSPS) is 11.1. The van der Waals surface area contributed by atoms with Gasteiger partial charge in [0.05, 0.1) is 4.90 Å². The van der Waals surface area contributed by atoms with Crippen molar-refractivity contribution in [2.24, 2.45) is 0 Å². The standard InChI is InChI=1S/C15H15NO4S/c1-10-4-3-5-12(8-10)15(18)16-21(19,20)14-9-13(17)7-6-11(14)2/h3-9,17H,1-2H3,(H,16,18). The molecule has 0 aliphatic heterocycles. The molecule has 0 aliphatic rings. The van der Waals surface area contributed by atoms with Gasteiger partial charge in [0.15, 0.2) is 0 Å². The zero-order chi connectivity index (χ0) is 15.6. The molecule has 2 aromatic rings. The molecule has 0 saturated heterocycles. The first-order valence-electron chi connectivity index (χ1n) is 6.23. The molecule has 5 nitrogen and oxygen atoms in total. The van der Waals surface area contributed by atoms with Crippen LogP contribution in [0.15, 0.2) is 47.4 Å². The summed E-state index contributed by atoms with van der Waals surface area (Å²) in [6, 6.07) is 10.6. The minimum absolute atomic E-state index is 0.122. The summed E-state index contributed by atoms with van der Waals surface area (Å²) < 4.78 is 26.5. The first-order chi connectivity index (χ1) is 9.79. The summed E-state index contributed by atoms with van der Waals surface area (Å²) in [5.74, 6) is -0.884. The highest BCUT2D eigenvalue weighted by Crippen LogP contribution is 2.20. The second-order valence-corrected chi connectivity index (χ2v) is 6.40. The summed E-state index contributed by atoms with van der Waals surface area (Å²) in [7, 11) is -4.03. The smallest absolute Gasteiger partial charge is 0.265 e. The van der Waals surface area contributed by atoms with E-state index in [1.165, 1.54) is 18.2 Å². The van der Waals surface area contributed by atoms with Crippen LogP contribution in [-0.2, 0) is 10.0 Å². The lowest BCUT2D eigenvalue weighted by atomic mass is 10.1. The first kappa shape index (κ1) is 15.1. The number of carbonyl (C=O) groups excluding carboxylic acids is 1. The van der Waals surface area contributed by atoms with E-state index in [1.807, 2.05) is 17.7 Å². The van der Waals surface area contributed by atoms with Crippen molar-refractivity contribution in [2.45, 2.75) is 18.7 Å². The molecule has 21 heavy (non-hydrogen) atoms. The molecule has 110 valence electrons. The molecular formula is C15H15NO4S. The van der Waals surface area contributed by atoms with Gasteiger partial charge in [0.2, 0.25) is 0 Å². The highest BCUT2D eigenvalue weighted by atomic mass is 32.2. The van der Waals surface area contributed by atoms with E-state index >= 15 is 0 Å². The monoisotopic (exact) mass is 305 g/mol. The van der Waals surface area contributed by atoms with Crippen LogP contribution in [-0.4, -0.2) is 19.4 Å². The third-order valence-electron chi connectivity index (χ3n) is 2.97. The number of amides is 1. The van der Waals surface area contributed by atoms with E-state index in [-0.39, 0.29) is 16.2 Å². The van der Waals surface area contributed by atoms with Crippen LogP contribution >= 0.6 is 0 Å². The number of carbonyl (C=O) groups is 1. The maximum atomic E-state index is 12.2. The predicted molar refractivity (Wildman–Crippen MR) is 78.7 cm³/mol. The van der Waals surface area contributed by atoms with Crippen LogP contribution in [0.2, 0.25) is 0 Å². The van der Waals surface area contributed by atoms with Gasteiger partial charge in [0, 0.05) is 11.6 Å². The zero-order valence-electron chi connectivity index (χ0n) is 11.6. The summed E-state index contributed by atoms with van der Waals surface area (Å²) in [5, 5.41) is 9.41. The number of phenols is 1. The average molecular weight is 305 g/mol. The van der Waals surface area contributed by atoms with Crippen molar-refractivity contribution in [3.63, 3.8) is 0 Å². The number of phenolic OH excluding ortho intramolecular Hbond substituents is 1. The fraction of sp³-hybridized carbons (Fsp3) is 0.133. The Kier molecular flexibility index (Phi) is 3.99. The molecule has 0 unspecified atom stereocenters. The van der Waals surface area contributed by atoms with Gasteiger partial charge in [0.25, 0.3) is 15.9 Å². The lowest BCUT2D eigenvalue weighted by molar-refractivity contribution is 0.0981. The Labute approximate surface area is 123 Å². The van der Waals surface area contributed by atoms with Gasteiger partial charge < -0.3 is 5.11 Å². The van der Waals surface area contributed by atoms with Gasteiger partial charge in [-0.25, -0.2) is 13.1 Å². The van der Waals surface area contributed by atoms with Crippen LogP contribution in [0.5, 0.6) is 5.75 Å². The molecule has 0 bridgehead atoms. The van der Waals surface area contributed by atoms with Crippen LogP contribution in [0.25, 0.3) is 0 Å². The van der Waals surface area contributed by atoms with Gasteiger partial charge in [-0.2, -0.15) is 0 Å². The second kappa shape index (κ2) is 5.57. The average Bonchev–Trinajstić information content (AvgIpc) is 2.41. The number of rotatable bonds is 3. The molecule has 1 amide bonds. The molecule has 2 N–H and O–H groups in total. The van der Waals surface area contributed by atoms with Gasteiger partial charge in [-0.05, 0) is 37.6 Å². The lowest BCUT2D eigenvalue weighted by Crippen LogP contribution is -2.31. The molecule has 0 aliphatic carbocycles. The first-order valence-corrected chi connectivity index (χ1v) is 7.71. The summed E-state index contributed by atoms with van der Waals surface area (Å²) in [4.78, 5) is 11.9. The fourth-order valence-electron chi connectivity index (χ4n) is 1.90. The molecule has 0 aromatic heterocycles. The van der Waals surface area contributed by atoms with Crippen molar-refractivity contribution < 1.29 is 18.3 Å². The number of hydrogen-bond donors (Lipinski definition) is 2. The molecule has 0 saturated carbocycles. The topological polar surface area (TPSA) is 83.5 Å². The zero-order valence-corrected chi connectivity index (χ0v) is 12.4. The number of hydrogen-bond acceptors (Lipinski definition) is 4. The van der Waals surface area contributed by atoms with E-state index in [9.17, 15) is 18.3 Å². The van der Waals surface area contributed by atoms with E-state index in [4.69, 9.17) is 0 Å². The molecule has 2 rings (SSSR count). The molecule has 0 radical (unpaired) electrons. The van der Waals surface area contributed by atoms with E-state index in [0.717, 1.165) is 11.6 Å². The van der Waals surface area contributed by atoms with Crippen molar-refractivity contribution in [3.05, 3.63) is 59.2 Å². The van der Waals surface area contributed by atoms with Crippen molar-refractivity contribution in [2.75, 3.05) is 0 Å². The molecule has 0 fully saturated rings. The Bertz CT molecular complexity index is 797. The van der Waals surface area contributed by atoms with Crippen molar-refractivity contribution >= 4 is 15.9 Å². The van der Waals surface area contributed by atoms with E-state index in [2.05, 4.69) is 0 Å². The molecule has 2 aromatic carbocycles. The highest BCUT2D eigenvalue weighted by Gasteiger charge is 2.21.